The average molecular weight is 584 g/mol. The van der Waals surface area contributed by atoms with E-state index in [0.29, 0.717) is 36.4 Å². The number of hydrogen-bond donors (Lipinski definition) is 2. The summed E-state index contributed by atoms with van der Waals surface area (Å²) in [6.45, 7) is 1.76. The summed E-state index contributed by atoms with van der Waals surface area (Å²) in [7, 11) is 0. The summed E-state index contributed by atoms with van der Waals surface area (Å²) in [5.41, 5.74) is 4.13. The van der Waals surface area contributed by atoms with Gasteiger partial charge in [-0.05, 0) is 65.3 Å². The maximum Gasteiger partial charge on any atom is 0.262 e. The number of nitrogens with one attached hydrogen (secondary N) is 2. The number of benzene rings is 3. The molecule has 0 spiro atoms. The van der Waals surface area contributed by atoms with Gasteiger partial charge in [0.15, 0.2) is 0 Å². The molecule has 0 aliphatic heterocycles. The first-order valence-corrected chi connectivity index (χ1v) is 11.9. The molecule has 3 rings (SSSR count). The van der Waals surface area contributed by atoms with Gasteiger partial charge in [-0.15, -0.1) is 0 Å². The number of carbonyl (C=O) groups excluding carboxylic acids is 2. The Bertz CT molecular complexity index is 1240. The molecule has 3 aromatic rings. The van der Waals surface area contributed by atoms with Crippen LogP contribution in [0, 0.1) is 0 Å². The Morgan fingerprint density at radius 2 is 1.76 bits per heavy atom. The molecule has 0 saturated heterocycles. The van der Waals surface area contributed by atoms with E-state index in [4.69, 9.17) is 39.5 Å². The van der Waals surface area contributed by atoms with Gasteiger partial charge in [0.2, 0.25) is 0 Å². The molecule has 1 unspecified atom stereocenters. The number of halogens is 4. The molecule has 34 heavy (non-hydrogen) atoms. The molecule has 0 fully saturated rings. The molecule has 2 amide bonds. The van der Waals surface area contributed by atoms with Gasteiger partial charge in [0.05, 0.1) is 11.8 Å². The summed E-state index contributed by atoms with van der Waals surface area (Å²) >= 11 is 21.6. The largest absolute Gasteiger partial charge is 0.488 e. The molecule has 10 heteroatoms. The van der Waals surface area contributed by atoms with Crippen LogP contribution in [-0.4, -0.2) is 24.1 Å². The monoisotopic (exact) mass is 581 g/mol. The van der Waals surface area contributed by atoms with Gasteiger partial charge in [0.25, 0.3) is 11.8 Å². The standard InChI is InChI=1S/C24H19BrCl3N3O3/c1-14(30-24(33)19-4-2-3-5-20(19)25)23(32)31-29-12-16-10-17(26)8-9-22(16)34-13-15-6-7-18(27)11-21(15)28/h2-12,14H,13H2,1H3,(H,30,33)(H,31,32). The second kappa shape index (κ2) is 12.2. The lowest BCUT2D eigenvalue weighted by atomic mass is 10.2. The van der Waals surface area contributed by atoms with Crippen LogP contribution in [0.5, 0.6) is 5.75 Å². The van der Waals surface area contributed by atoms with Crippen LogP contribution in [0.2, 0.25) is 15.1 Å². The molecule has 1 atom stereocenters. The molecular weight excluding hydrogens is 565 g/mol. The van der Waals surface area contributed by atoms with E-state index < -0.39 is 11.9 Å². The first kappa shape index (κ1) is 26.0. The van der Waals surface area contributed by atoms with Crippen LogP contribution < -0.4 is 15.5 Å². The molecule has 176 valence electrons. The fraction of sp³-hybridized carbons (Fsp3) is 0.125. The van der Waals surface area contributed by atoms with Crippen LogP contribution in [0.15, 0.2) is 70.2 Å². The van der Waals surface area contributed by atoms with Crippen molar-refractivity contribution in [2.45, 2.75) is 19.6 Å². The van der Waals surface area contributed by atoms with Gasteiger partial charge in [-0.2, -0.15) is 5.10 Å². The number of hydrazone groups is 1. The summed E-state index contributed by atoms with van der Waals surface area (Å²) in [6.07, 6.45) is 1.41. The quantitative estimate of drug-likeness (QED) is 0.243. The number of ether oxygens (including phenoxy) is 1. The molecule has 0 aromatic heterocycles. The number of hydrogen-bond acceptors (Lipinski definition) is 4. The minimum Gasteiger partial charge on any atom is -0.488 e. The van der Waals surface area contributed by atoms with Crippen LogP contribution in [0.25, 0.3) is 0 Å². The maximum atomic E-state index is 12.4. The smallest absolute Gasteiger partial charge is 0.262 e. The SMILES string of the molecule is CC(NC(=O)c1ccccc1Br)C(=O)NN=Cc1cc(Cl)ccc1OCc1ccc(Cl)cc1Cl. The summed E-state index contributed by atoms with van der Waals surface area (Å²) in [4.78, 5) is 24.8. The van der Waals surface area contributed by atoms with Crippen molar-refractivity contribution >= 4 is 68.8 Å². The van der Waals surface area contributed by atoms with Crippen molar-refractivity contribution in [1.82, 2.24) is 10.7 Å². The van der Waals surface area contributed by atoms with E-state index >= 15 is 0 Å². The number of rotatable bonds is 8. The lowest BCUT2D eigenvalue weighted by Crippen LogP contribution is -2.43. The maximum absolute atomic E-state index is 12.4. The van der Waals surface area contributed by atoms with Crippen LogP contribution in [0.4, 0.5) is 0 Å². The number of carbonyl (C=O) groups is 2. The molecule has 6 nitrogen and oxygen atoms in total. The van der Waals surface area contributed by atoms with E-state index in [1.165, 1.54) is 6.21 Å². The molecule has 2 N–H and O–H groups in total. The highest BCUT2D eigenvalue weighted by molar-refractivity contribution is 9.10. The Kier molecular flexibility index (Phi) is 9.36. The highest BCUT2D eigenvalue weighted by Crippen LogP contribution is 2.25. The Hall–Kier alpha value is -2.58. The van der Waals surface area contributed by atoms with E-state index in [0.717, 1.165) is 5.56 Å². The zero-order valence-electron chi connectivity index (χ0n) is 17.8. The molecule has 0 radical (unpaired) electrons. The predicted molar refractivity (Wildman–Crippen MR) is 139 cm³/mol. The summed E-state index contributed by atoms with van der Waals surface area (Å²) in [5, 5.41) is 8.10. The van der Waals surface area contributed by atoms with Crippen molar-refractivity contribution in [3.8, 4) is 5.75 Å². The average Bonchev–Trinajstić information content (AvgIpc) is 2.79. The molecule has 0 aliphatic rings. The zero-order chi connectivity index (χ0) is 24.7. The van der Waals surface area contributed by atoms with Gasteiger partial charge >= 0.3 is 0 Å². The third kappa shape index (κ3) is 7.21. The van der Waals surface area contributed by atoms with Crippen LogP contribution >= 0.6 is 50.7 Å². The highest BCUT2D eigenvalue weighted by atomic mass is 79.9. The highest BCUT2D eigenvalue weighted by Gasteiger charge is 2.17. The summed E-state index contributed by atoms with van der Waals surface area (Å²) in [5.74, 6) is -0.386. The van der Waals surface area contributed by atoms with Gasteiger partial charge in [-0.25, -0.2) is 5.43 Å². The Labute approximate surface area is 220 Å². The molecular formula is C24H19BrCl3N3O3. The third-order valence-electron chi connectivity index (χ3n) is 4.61. The van der Waals surface area contributed by atoms with E-state index in [1.54, 1.807) is 67.6 Å². The predicted octanol–water partition coefficient (Wildman–Crippen LogP) is 6.26. The normalized spacial score (nSPS) is 11.8. The van der Waals surface area contributed by atoms with Crippen molar-refractivity contribution in [3.63, 3.8) is 0 Å². The van der Waals surface area contributed by atoms with Crippen LogP contribution in [0.1, 0.15) is 28.4 Å². The fourth-order valence-corrected chi connectivity index (χ4v) is 3.90. The van der Waals surface area contributed by atoms with Gasteiger partial charge in [-0.3, -0.25) is 9.59 Å². The zero-order valence-corrected chi connectivity index (χ0v) is 21.7. The van der Waals surface area contributed by atoms with E-state index in [9.17, 15) is 9.59 Å². The second-order valence-corrected chi connectivity index (χ2v) is 9.25. The minimum atomic E-state index is -0.820. The van der Waals surface area contributed by atoms with Gasteiger partial charge in [-0.1, -0.05) is 53.0 Å². The van der Waals surface area contributed by atoms with E-state index in [-0.39, 0.29) is 12.5 Å². The second-order valence-electron chi connectivity index (χ2n) is 7.12. The molecule has 3 aromatic carbocycles. The topological polar surface area (TPSA) is 79.8 Å². The Morgan fingerprint density at radius 3 is 2.50 bits per heavy atom. The lowest BCUT2D eigenvalue weighted by molar-refractivity contribution is -0.122. The fourth-order valence-electron chi connectivity index (χ4n) is 2.79. The number of amides is 2. The van der Waals surface area contributed by atoms with Crippen LogP contribution in [-0.2, 0) is 11.4 Å². The number of nitrogens with zero attached hydrogens (tertiary/aromatic N) is 1. The molecule has 0 saturated carbocycles. The van der Waals surface area contributed by atoms with Crippen molar-refractivity contribution in [1.29, 1.82) is 0 Å². The summed E-state index contributed by atoms with van der Waals surface area (Å²) < 4.78 is 6.50. The minimum absolute atomic E-state index is 0.197. The molecule has 0 heterocycles. The van der Waals surface area contributed by atoms with Gasteiger partial charge in [0, 0.05) is 30.7 Å². The summed E-state index contributed by atoms with van der Waals surface area (Å²) in [6, 6.07) is 16.3. The Balaban J connectivity index is 1.62. The van der Waals surface area contributed by atoms with E-state index in [1.807, 2.05) is 0 Å². The van der Waals surface area contributed by atoms with Crippen molar-refractivity contribution in [2.24, 2.45) is 5.10 Å². The van der Waals surface area contributed by atoms with Crippen LogP contribution in [0.3, 0.4) is 0 Å². The van der Waals surface area contributed by atoms with Crippen molar-refractivity contribution in [2.75, 3.05) is 0 Å². The molecule has 0 bridgehead atoms. The van der Waals surface area contributed by atoms with Crippen molar-refractivity contribution in [3.05, 3.63) is 96.9 Å². The molecule has 0 aliphatic carbocycles. The third-order valence-corrected chi connectivity index (χ3v) is 6.12. The Morgan fingerprint density at radius 1 is 1.06 bits per heavy atom. The lowest BCUT2D eigenvalue weighted by Gasteiger charge is -2.13. The first-order chi connectivity index (χ1) is 16.2. The van der Waals surface area contributed by atoms with Gasteiger partial charge in [0.1, 0.15) is 18.4 Å². The van der Waals surface area contributed by atoms with Crippen molar-refractivity contribution < 1.29 is 14.3 Å². The van der Waals surface area contributed by atoms with Gasteiger partial charge < -0.3 is 10.1 Å². The van der Waals surface area contributed by atoms with E-state index in [2.05, 4.69) is 31.8 Å². The first-order valence-electron chi connectivity index (χ1n) is 9.99.